The van der Waals surface area contributed by atoms with Gasteiger partial charge in [0, 0.05) is 42.5 Å². The second-order valence-electron chi connectivity index (χ2n) is 8.31. The molecule has 2 aromatic carbocycles. The number of carbonyl (C=O) groups is 1. The highest BCUT2D eigenvalue weighted by atomic mass is 16.1. The van der Waals surface area contributed by atoms with Crippen LogP contribution in [-0.4, -0.2) is 51.9 Å². The van der Waals surface area contributed by atoms with Gasteiger partial charge < -0.3 is 16.0 Å². The zero-order valence-corrected chi connectivity index (χ0v) is 17.9. The molecule has 1 amide bonds. The number of nitrogens with one attached hydrogen (secondary N) is 3. The maximum Gasteiger partial charge on any atom is 0.230 e. The van der Waals surface area contributed by atoms with Gasteiger partial charge in [0.15, 0.2) is 5.82 Å². The van der Waals surface area contributed by atoms with Crippen molar-refractivity contribution in [2.24, 2.45) is 5.92 Å². The third-order valence-corrected chi connectivity index (χ3v) is 5.99. The Labute approximate surface area is 187 Å². The van der Waals surface area contributed by atoms with E-state index < -0.39 is 0 Å². The first-order chi connectivity index (χ1) is 15.7. The summed E-state index contributed by atoms with van der Waals surface area (Å²) < 4.78 is 0. The van der Waals surface area contributed by atoms with Gasteiger partial charge >= 0.3 is 0 Å². The number of carbonyl (C=O) groups excluding carboxylic acids is 1. The molecule has 8 bridgehead atoms. The molecule has 0 aliphatic carbocycles. The summed E-state index contributed by atoms with van der Waals surface area (Å²) in [5.74, 6) is 1.39. The van der Waals surface area contributed by atoms with Crippen molar-refractivity contribution in [1.29, 1.82) is 0 Å². The van der Waals surface area contributed by atoms with E-state index >= 15 is 0 Å². The summed E-state index contributed by atoms with van der Waals surface area (Å²) >= 11 is 0. The molecular formula is C24H27N7O. The monoisotopic (exact) mass is 429 g/mol. The lowest BCUT2D eigenvalue weighted by molar-refractivity contribution is -0.126. The summed E-state index contributed by atoms with van der Waals surface area (Å²) in [7, 11) is 0. The van der Waals surface area contributed by atoms with Gasteiger partial charge in [-0.3, -0.25) is 9.69 Å². The number of piperidine rings is 1. The third kappa shape index (κ3) is 4.86. The van der Waals surface area contributed by atoms with Gasteiger partial charge in [-0.15, -0.1) is 0 Å². The molecule has 0 saturated carbocycles. The smallest absolute Gasteiger partial charge is 0.230 e. The van der Waals surface area contributed by atoms with Crippen molar-refractivity contribution in [2.45, 2.75) is 19.4 Å². The van der Waals surface area contributed by atoms with Crippen molar-refractivity contribution < 1.29 is 4.79 Å². The number of hydrogen-bond acceptors (Lipinski definition) is 7. The first-order valence-corrected chi connectivity index (χ1v) is 11.1. The fraction of sp³-hybridized carbons (Fsp3) is 0.333. The number of nitrogens with zero attached hydrogens (tertiary/aromatic N) is 4. The van der Waals surface area contributed by atoms with Gasteiger partial charge in [0.25, 0.3) is 0 Å². The Kier molecular flexibility index (Phi) is 5.93. The summed E-state index contributed by atoms with van der Waals surface area (Å²) in [4.78, 5) is 28.2. The fourth-order valence-corrected chi connectivity index (χ4v) is 4.29. The molecule has 6 rings (SSSR count). The van der Waals surface area contributed by atoms with E-state index in [1.165, 1.54) is 11.9 Å². The van der Waals surface area contributed by atoms with E-state index in [1.54, 1.807) is 0 Å². The number of fused-ring (bicyclic) bond motifs is 6. The lowest BCUT2D eigenvalue weighted by Crippen LogP contribution is -2.41. The summed E-state index contributed by atoms with van der Waals surface area (Å²) in [6.07, 6.45) is 3.32. The fourth-order valence-electron chi connectivity index (χ4n) is 4.29. The number of amides is 1. The van der Waals surface area contributed by atoms with Gasteiger partial charge in [0.2, 0.25) is 11.9 Å². The van der Waals surface area contributed by atoms with Gasteiger partial charge in [-0.2, -0.15) is 4.98 Å². The number of hydrogen-bond donors (Lipinski definition) is 3. The number of rotatable bonds is 0. The second kappa shape index (κ2) is 9.32. The van der Waals surface area contributed by atoms with Crippen LogP contribution in [0.4, 0.5) is 17.3 Å². The van der Waals surface area contributed by atoms with Gasteiger partial charge in [0.05, 0.1) is 0 Å². The molecule has 164 valence electrons. The second-order valence-corrected chi connectivity index (χ2v) is 8.31. The maximum absolute atomic E-state index is 12.6. The highest BCUT2D eigenvalue weighted by Gasteiger charge is 2.24. The average Bonchev–Trinajstić information content (AvgIpc) is 2.82. The molecule has 4 heterocycles. The molecule has 1 aromatic heterocycles. The van der Waals surface area contributed by atoms with Crippen molar-refractivity contribution in [3.05, 3.63) is 60.4 Å². The molecule has 3 N–H and O–H groups in total. The largest absolute Gasteiger partial charge is 0.383 e. The highest BCUT2D eigenvalue weighted by Crippen LogP contribution is 2.23. The Balaban J connectivity index is 1.43. The van der Waals surface area contributed by atoms with Crippen molar-refractivity contribution in [3.63, 3.8) is 0 Å². The third-order valence-electron chi connectivity index (χ3n) is 5.99. The molecule has 0 atom stereocenters. The van der Waals surface area contributed by atoms with Crippen molar-refractivity contribution in [2.75, 3.05) is 36.8 Å². The van der Waals surface area contributed by atoms with E-state index in [0.717, 1.165) is 49.4 Å². The van der Waals surface area contributed by atoms with Gasteiger partial charge in [0.1, 0.15) is 6.33 Å². The van der Waals surface area contributed by atoms with Crippen LogP contribution in [0.3, 0.4) is 0 Å². The molecule has 1 fully saturated rings. The quantitative estimate of drug-likeness (QED) is 0.506. The number of anilines is 3. The van der Waals surface area contributed by atoms with Crippen LogP contribution < -0.4 is 16.0 Å². The Morgan fingerprint density at radius 3 is 2.62 bits per heavy atom. The first-order valence-electron chi connectivity index (χ1n) is 11.1. The van der Waals surface area contributed by atoms with Crippen molar-refractivity contribution >= 4 is 23.2 Å². The standard InChI is InChI=1S/C24H27N7O/c32-23-18-7-11-31(12-8-18)15-17-3-1-6-21(13-17)29-24-28-16-27-22(30-24)19-4-2-5-20(14-19)25-9-10-26-23/h1-6,13-14,16,18,25H,7-12,15H2,(H,26,32)(H,27,28,29,30). The predicted octanol–water partition coefficient (Wildman–Crippen LogP) is 3.04. The molecule has 0 unspecified atom stereocenters. The molecule has 8 heteroatoms. The van der Waals surface area contributed by atoms with E-state index in [1.807, 2.05) is 36.4 Å². The van der Waals surface area contributed by atoms with Crippen LogP contribution in [0.5, 0.6) is 0 Å². The van der Waals surface area contributed by atoms with Gasteiger partial charge in [-0.1, -0.05) is 24.3 Å². The molecule has 3 aliphatic rings. The molecule has 0 radical (unpaired) electrons. The van der Waals surface area contributed by atoms with Crippen LogP contribution in [0.2, 0.25) is 0 Å². The Bertz CT molecular complexity index is 1090. The van der Waals surface area contributed by atoms with E-state index in [0.29, 0.717) is 24.9 Å². The number of benzene rings is 2. The minimum Gasteiger partial charge on any atom is -0.383 e. The van der Waals surface area contributed by atoms with Crippen molar-refractivity contribution in [3.8, 4) is 11.4 Å². The summed E-state index contributed by atoms with van der Waals surface area (Å²) in [6.45, 7) is 3.97. The molecule has 8 nitrogen and oxygen atoms in total. The van der Waals surface area contributed by atoms with Crippen LogP contribution >= 0.6 is 0 Å². The molecule has 32 heavy (non-hydrogen) atoms. The lowest BCUT2D eigenvalue weighted by Gasteiger charge is -2.31. The molecule has 3 aliphatic heterocycles. The molecule has 0 spiro atoms. The van der Waals surface area contributed by atoms with Crippen LogP contribution in [0.25, 0.3) is 11.4 Å². The summed E-state index contributed by atoms with van der Waals surface area (Å²) in [5.41, 5.74) is 4.03. The van der Waals surface area contributed by atoms with Crippen LogP contribution in [0.15, 0.2) is 54.9 Å². The number of aromatic nitrogens is 3. The normalized spacial score (nSPS) is 21.1. The van der Waals surface area contributed by atoms with Crippen LogP contribution in [-0.2, 0) is 11.3 Å². The summed E-state index contributed by atoms with van der Waals surface area (Å²) in [6, 6.07) is 16.3. The average molecular weight is 430 g/mol. The summed E-state index contributed by atoms with van der Waals surface area (Å²) in [5, 5.41) is 9.77. The van der Waals surface area contributed by atoms with Crippen LogP contribution in [0.1, 0.15) is 18.4 Å². The zero-order chi connectivity index (χ0) is 21.8. The molecule has 1 saturated heterocycles. The Hall–Kier alpha value is -3.52. The van der Waals surface area contributed by atoms with Crippen molar-refractivity contribution in [1.82, 2.24) is 25.2 Å². The van der Waals surface area contributed by atoms with E-state index in [2.05, 4.69) is 47.9 Å². The lowest BCUT2D eigenvalue weighted by atomic mass is 9.95. The van der Waals surface area contributed by atoms with E-state index in [9.17, 15) is 4.79 Å². The molecular weight excluding hydrogens is 402 g/mol. The van der Waals surface area contributed by atoms with Crippen LogP contribution in [0, 0.1) is 5.92 Å². The highest BCUT2D eigenvalue weighted by molar-refractivity contribution is 5.78. The van der Waals surface area contributed by atoms with E-state index in [-0.39, 0.29) is 11.8 Å². The van der Waals surface area contributed by atoms with Gasteiger partial charge in [-0.05, 0) is 55.8 Å². The van der Waals surface area contributed by atoms with E-state index in [4.69, 9.17) is 0 Å². The van der Waals surface area contributed by atoms with Gasteiger partial charge in [-0.25, -0.2) is 9.97 Å². The Morgan fingerprint density at radius 1 is 0.906 bits per heavy atom. The zero-order valence-electron chi connectivity index (χ0n) is 17.9. The molecule has 3 aromatic rings. The first kappa shape index (κ1) is 20.4. The minimum absolute atomic E-state index is 0.0986. The SMILES string of the molecule is O=C1NCCNc2cccc(c2)-c2ncnc(n2)Nc2cccc(c2)CN2CCC1CC2. The maximum atomic E-state index is 12.6. The minimum atomic E-state index is 0.0986. The topological polar surface area (TPSA) is 95.1 Å². The predicted molar refractivity (Wildman–Crippen MR) is 124 cm³/mol. The Morgan fingerprint density at radius 2 is 1.72 bits per heavy atom.